The van der Waals surface area contributed by atoms with Gasteiger partial charge in [-0.2, -0.15) is 0 Å². The van der Waals surface area contributed by atoms with Crippen molar-refractivity contribution in [2.24, 2.45) is 0 Å². The Labute approximate surface area is 124 Å². The van der Waals surface area contributed by atoms with E-state index in [0.717, 1.165) is 5.75 Å². The minimum atomic E-state index is -0.176. The van der Waals surface area contributed by atoms with Crippen LogP contribution in [0, 0.1) is 0 Å². The van der Waals surface area contributed by atoms with E-state index in [1.165, 1.54) is 50.5 Å². The average Bonchev–Trinajstić information content (AvgIpc) is 2.45. The van der Waals surface area contributed by atoms with Crippen LogP contribution in [0.15, 0.2) is 24.3 Å². The molecule has 114 valence electrons. The smallest absolute Gasteiger partial charge is 0.196 e. The zero-order valence-corrected chi connectivity index (χ0v) is 13.4. The Morgan fingerprint density at radius 1 is 0.900 bits per heavy atom. The van der Waals surface area contributed by atoms with Crippen LogP contribution in [0.4, 0.5) is 0 Å². The number of benzene rings is 1. The fraction of sp³-hybridized carbons (Fsp3) is 0.667. The molecular formula is C18H30O2. The third-order valence-corrected chi connectivity index (χ3v) is 3.45. The van der Waals surface area contributed by atoms with Gasteiger partial charge in [0.25, 0.3) is 0 Å². The first-order chi connectivity index (χ1) is 9.76. The van der Waals surface area contributed by atoms with Crippen molar-refractivity contribution < 1.29 is 9.47 Å². The molecule has 0 N–H and O–H groups in total. The largest absolute Gasteiger partial charge is 0.465 e. The first-order valence-electron chi connectivity index (χ1n) is 8.13. The van der Waals surface area contributed by atoms with Crippen molar-refractivity contribution >= 4 is 0 Å². The molecule has 1 unspecified atom stereocenters. The monoisotopic (exact) mass is 278 g/mol. The van der Waals surface area contributed by atoms with E-state index in [1.807, 2.05) is 26.0 Å². The van der Waals surface area contributed by atoms with Gasteiger partial charge >= 0.3 is 0 Å². The third kappa shape index (κ3) is 7.54. The van der Waals surface area contributed by atoms with Crippen LogP contribution in [0.25, 0.3) is 0 Å². The molecule has 0 fully saturated rings. The van der Waals surface area contributed by atoms with Gasteiger partial charge in [-0.05, 0) is 44.4 Å². The fourth-order valence-corrected chi connectivity index (χ4v) is 2.30. The van der Waals surface area contributed by atoms with Crippen molar-refractivity contribution in [2.45, 2.75) is 72.0 Å². The molecule has 2 heteroatoms. The third-order valence-electron chi connectivity index (χ3n) is 3.45. The average molecular weight is 278 g/mol. The van der Waals surface area contributed by atoms with Crippen molar-refractivity contribution in [1.82, 2.24) is 0 Å². The summed E-state index contributed by atoms with van der Waals surface area (Å²) in [7, 11) is 0. The molecular weight excluding hydrogens is 248 g/mol. The Morgan fingerprint density at radius 2 is 1.55 bits per heavy atom. The van der Waals surface area contributed by atoms with Crippen molar-refractivity contribution in [1.29, 1.82) is 0 Å². The van der Waals surface area contributed by atoms with Crippen LogP contribution in [0.3, 0.4) is 0 Å². The van der Waals surface area contributed by atoms with Gasteiger partial charge in [0.1, 0.15) is 5.75 Å². The maximum Gasteiger partial charge on any atom is 0.196 e. The molecule has 1 rings (SSSR count). The molecule has 2 nitrogen and oxygen atoms in total. The quantitative estimate of drug-likeness (QED) is 0.401. The van der Waals surface area contributed by atoms with E-state index in [-0.39, 0.29) is 6.29 Å². The number of hydrogen-bond donors (Lipinski definition) is 0. The highest BCUT2D eigenvalue weighted by Gasteiger charge is 2.02. The Hall–Kier alpha value is -1.02. The predicted octanol–water partition coefficient (Wildman–Crippen LogP) is 5.35. The highest BCUT2D eigenvalue weighted by Crippen LogP contribution is 2.16. The van der Waals surface area contributed by atoms with Crippen LogP contribution in [0.2, 0.25) is 0 Å². The van der Waals surface area contributed by atoms with Crippen molar-refractivity contribution in [3.8, 4) is 5.75 Å². The Kier molecular flexibility index (Phi) is 9.14. The van der Waals surface area contributed by atoms with E-state index in [1.54, 1.807) is 0 Å². The second-order valence-electron chi connectivity index (χ2n) is 5.30. The lowest BCUT2D eigenvalue weighted by Crippen LogP contribution is -2.15. The number of rotatable bonds is 11. The molecule has 0 saturated heterocycles. The summed E-state index contributed by atoms with van der Waals surface area (Å²) in [6.07, 6.45) is 9.10. The Balaban J connectivity index is 2.21. The topological polar surface area (TPSA) is 18.5 Å². The summed E-state index contributed by atoms with van der Waals surface area (Å²) < 4.78 is 11.0. The first-order valence-corrected chi connectivity index (χ1v) is 8.13. The minimum absolute atomic E-state index is 0.176. The Bertz CT molecular complexity index is 332. The molecule has 0 aliphatic heterocycles. The van der Waals surface area contributed by atoms with Crippen LogP contribution in [-0.4, -0.2) is 12.9 Å². The lowest BCUT2D eigenvalue weighted by molar-refractivity contribution is -0.0613. The lowest BCUT2D eigenvalue weighted by atomic mass is 10.0. The normalized spacial score (nSPS) is 12.3. The predicted molar refractivity (Wildman–Crippen MR) is 85.2 cm³/mol. The summed E-state index contributed by atoms with van der Waals surface area (Å²) >= 11 is 0. The molecule has 0 aliphatic rings. The molecule has 1 aromatic carbocycles. The standard InChI is InChI=1S/C18H30O2/c1-4-6-7-8-9-10-11-17-12-14-18(15-13-17)20-16(3)19-5-2/h12-16H,4-11H2,1-3H3. The van der Waals surface area contributed by atoms with E-state index >= 15 is 0 Å². The summed E-state index contributed by atoms with van der Waals surface area (Å²) in [6.45, 7) is 6.84. The zero-order valence-electron chi connectivity index (χ0n) is 13.4. The van der Waals surface area contributed by atoms with Crippen LogP contribution < -0.4 is 4.74 Å². The van der Waals surface area contributed by atoms with Gasteiger partial charge in [0.2, 0.25) is 0 Å². The maximum atomic E-state index is 5.66. The summed E-state index contributed by atoms with van der Waals surface area (Å²) in [5, 5.41) is 0. The van der Waals surface area contributed by atoms with Gasteiger partial charge in [-0.3, -0.25) is 0 Å². The molecule has 0 aromatic heterocycles. The van der Waals surface area contributed by atoms with Crippen LogP contribution in [0.1, 0.15) is 64.9 Å². The van der Waals surface area contributed by atoms with Gasteiger partial charge in [-0.1, -0.05) is 51.2 Å². The second kappa shape index (κ2) is 10.7. The highest BCUT2D eigenvalue weighted by molar-refractivity contribution is 5.27. The number of ether oxygens (including phenoxy) is 2. The maximum absolute atomic E-state index is 5.66. The molecule has 1 atom stereocenters. The van der Waals surface area contributed by atoms with Crippen LogP contribution in [0.5, 0.6) is 5.75 Å². The van der Waals surface area contributed by atoms with Gasteiger partial charge < -0.3 is 9.47 Å². The zero-order chi connectivity index (χ0) is 14.6. The van der Waals surface area contributed by atoms with Crippen molar-refractivity contribution in [3.05, 3.63) is 29.8 Å². The number of aryl methyl sites for hydroxylation is 1. The van der Waals surface area contributed by atoms with E-state index in [4.69, 9.17) is 9.47 Å². The summed E-state index contributed by atoms with van der Waals surface area (Å²) in [6, 6.07) is 8.42. The van der Waals surface area contributed by atoms with Gasteiger partial charge in [-0.15, -0.1) is 0 Å². The van der Waals surface area contributed by atoms with Gasteiger partial charge in [-0.25, -0.2) is 0 Å². The Morgan fingerprint density at radius 3 is 2.20 bits per heavy atom. The second-order valence-corrected chi connectivity index (χ2v) is 5.30. The van der Waals surface area contributed by atoms with Crippen LogP contribution >= 0.6 is 0 Å². The summed E-state index contributed by atoms with van der Waals surface area (Å²) in [5.74, 6) is 0.887. The minimum Gasteiger partial charge on any atom is -0.465 e. The molecule has 0 amide bonds. The molecule has 0 radical (unpaired) electrons. The van der Waals surface area contributed by atoms with E-state index in [0.29, 0.717) is 6.61 Å². The first kappa shape index (κ1) is 17.0. The lowest BCUT2D eigenvalue weighted by Gasteiger charge is -2.14. The highest BCUT2D eigenvalue weighted by atomic mass is 16.7. The molecule has 0 saturated carbocycles. The summed E-state index contributed by atoms with van der Waals surface area (Å²) in [5.41, 5.74) is 1.40. The number of hydrogen-bond acceptors (Lipinski definition) is 2. The molecule has 0 aliphatic carbocycles. The van der Waals surface area contributed by atoms with Crippen molar-refractivity contribution in [3.63, 3.8) is 0 Å². The van der Waals surface area contributed by atoms with Gasteiger partial charge in [0.15, 0.2) is 6.29 Å². The fourth-order valence-electron chi connectivity index (χ4n) is 2.30. The van der Waals surface area contributed by atoms with E-state index in [2.05, 4.69) is 19.1 Å². The van der Waals surface area contributed by atoms with E-state index in [9.17, 15) is 0 Å². The van der Waals surface area contributed by atoms with Gasteiger partial charge in [0, 0.05) is 6.61 Å². The number of unbranched alkanes of at least 4 members (excludes halogenated alkanes) is 5. The van der Waals surface area contributed by atoms with Gasteiger partial charge in [0.05, 0.1) is 0 Å². The SMILES string of the molecule is CCCCCCCCc1ccc(OC(C)OCC)cc1. The molecule has 1 aromatic rings. The van der Waals surface area contributed by atoms with Crippen LogP contribution in [-0.2, 0) is 11.2 Å². The molecule has 20 heavy (non-hydrogen) atoms. The van der Waals surface area contributed by atoms with E-state index < -0.39 is 0 Å². The molecule has 0 heterocycles. The molecule has 0 spiro atoms. The molecule has 0 bridgehead atoms. The van der Waals surface area contributed by atoms with Crippen molar-refractivity contribution in [2.75, 3.05) is 6.61 Å². The summed E-state index contributed by atoms with van der Waals surface area (Å²) in [4.78, 5) is 0.